The molecule has 0 saturated heterocycles. The normalized spacial score (nSPS) is 14.0. The minimum atomic E-state index is 0. The molecule has 0 atom stereocenters. The van der Waals surface area contributed by atoms with Gasteiger partial charge in [-0.3, -0.25) is 5.10 Å². The molecule has 10 nitrogen and oxygen atoms in total. The molecule has 2 aliphatic heterocycles. The van der Waals surface area contributed by atoms with Crippen LogP contribution >= 0.6 is 0 Å². The van der Waals surface area contributed by atoms with E-state index in [2.05, 4.69) is 149 Å². The Balaban J connectivity index is 0.000000189. The Morgan fingerprint density at radius 2 is 1.16 bits per heavy atom. The first-order valence-electron chi connectivity index (χ1n) is 18.7. The molecule has 291 valence electrons. The fourth-order valence-electron chi connectivity index (χ4n) is 6.61. The van der Waals surface area contributed by atoms with E-state index in [0.717, 1.165) is 48.6 Å². The van der Waals surface area contributed by atoms with Gasteiger partial charge in [0.15, 0.2) is 0 Å². The molecule has 0 bridgehead atoms. The second-order valence-corrected chi connectivity index (χ2v) is 13.7. The maximum atomic E-state index is 4.46. The summed E-state index contributed by atoms with van der Waals surface area (Å²) in [6.45, 7) is 16.5. The van der Waals surface area contributed by atoms with Crippen LogP contribution in [0.2, 0.25) is 0 Å². The zero-order chi connectivity index (χ0) is 38.1. The summed E-state index contributed by atoms with van der Waals surface area (Å²) in [5, 5.41) is 12.8. The number of aryl methyl sites for hydroxylation is 1. The molecule has 2 aromatic heterocycles. The Labute approximate surface area is 345 Å². The standard InChI is InChI=1S/C26H30N4.C19H17N6.Ir/c1-21-23(3)29(25-13-7-5-8-14-25)19-27(21)17-11-12-18-28-20-30(24(4)22(28)2)26-15-9-6-10-16-26;1-23-19(15-25(22-23)13-17-10-6-3-7-11-17)18-14-24(21-20-18)12-16-8-4-2-5-9-16;/h5-10,13,15,19-20H,11-12,17-18H2,1-4H3;2-11H,12-13H2,1H3;/q-4;-1;. The van der Waals surface area contributed by atoms with Gasteiger partial charge in [-0.05, 0) is 76.1 Å². The van der Waals surface area contributed by atoms with Gasteiger partial charge in [-0.25, -0.2) is 15.6 Å². The van der Waals surface area contributed by atoms with Gasteiger partial charge in [0, 0.05) is 43.3 Å². The van der Waals surface area contributed by atoms with Crippen molar-refractivity contribution >= 4 is 11.4 Å². The maximum absolute atomic E-state index is 4.46. The smallest absolute Gasteiger partial charge is 0.116 e. The van der Waals surface area contributed by atoms with E-state index < -0.39 is 0 Å². The number of allylic oxidation sites excluding steroid dienone is 4. The van der Waals surface area contributed by atoms with E-state index in [0.29, 0.717) is 18.8 Å². The number of hydrogen-bond donors (Lipinski definition) is 0. The molecule has 0 saturated carbocycles. The van der Waals surface area contributed by atoms with Crippen LogP contribution in [0.5, 0.6) is 0 Å². The average molecular weight is 920 g/mol. The fraction of sp³-hybridized carbons (Fsp3) is 0.244. The molecular weight excluding hydrogens is 873 g/mol. The van der Waals surface area contributed by atoms with Crippen molar-refractivity contribution in [2.45, 2.75) is 53.6 Å². The van der Waals surface area contributed by atoms with Crippen molar-refractivity contribution in [2.24, 2.45) is 7.05 Å². The van der Waals surface area contributed by atoms with E-state index in [4.69, 9.17) is 0 Å². The minimum Gasteiger partial charge on any atom is -0.505 e. The molecule has 11 heteroatoms. The summed E-state index contributed by atoms with van der Waals surface area (Å²) in [4.78, 5) is 9.19. The summed E-state index contributed by atoms with van der Waals surface area (Å²) >= 11 is 0. The first kappa shape index (κ1) is 40.2. The molecule has 0 aliphatic carbocycles. The van der Waals surface area contributed by atoms with Crippen molar-refractivity contribution in [3.8, 4) is 11.4 Å². The second-order valence-electron chi connectivity index (χ2n) is 13.7. The van der Waals surface area contributed by atoms with Crippen LogP contribution in [0, 0.1) is 37.9 Å². The minimum absolute atomic E-state index is 0. The number of hydrogen-bond acceptors (Lipinski definition) is 7. The van der Waals surface area contributed by atoms with Crippen LogP contribution in [-0.2, 0) is 40.2 Å². The Morgan fingerprint density at radius 1 is 0.643 bits per heavy atom. The largest absolute Gasteiger partial charge is 0.505 e. The SMILES string of the molecule is CC1=C(C)N(c2[c-]cccc2)[CH-]N1CCCCN1[CH-]N(c2[c-]cccc2)C(C)=C1C.Cn1n[n+](Cc2ccccc2)[c-]c1-c1[c-]n(Cc2ccccc2)nn1.[Ir]. The van der Waals surface area contributed by atoms with Gasteiger partial charge in [0.1, 0.15) is 6.54 Å². The number of para-hydroxylation sites is 2. The van der Waals surface area contributed by atoms with Gasteiger partial charge >= 0.3 is 0 Å². The Kier molecular flexibility index (Phi) is 13.5. The van der Waals surface area contributed by atoms with E-state index >= 15 is 0 Å². The van der Waals surface area contributed by atoms with Gasteiger partial charge in [-0.15, -0.1) is 16.6 Å². The predicted octanol–water partition coefficient (Wildman–Crippen LogP) is 7.41. The van der Waals surface area contributed by atoms with Gasteiger partial charge < -0.3 is 24.3 Å². The van der Waals surface area contributed by atoms with Gasteiger partial charge in [0.25, 0.3) is 0 Å². The molecule has 0 spiro atoms. The van der Waals surface area contributed by atoms with Crippen molar-refractivity contribution in [2.75, 3.05) is 22.9 Å². The number of benzene rings is 4. The molecule has 56 heavy (non-hydrogen) atoms. The summed E-state index contributed by atoms with van der Waals surface area (Å²) in [5.74, 6) is 0. The maximum Gasteiger partial charge on any atom is 0.116 e. The van der Waals surface area contributed by atoms with E-state index in [1.54, 1.807) is 14.0 Å². The molecule has 1 radical (unpaired) electrons. The van der Waals surface area contributed by atoms with Gasteiger partial charge in [-0.2, -0.15) is 79.7 Å². The Hall–Kier alpha value is -5.51. The number of nitrogens with zero attached hydrogens (tertiary/aromatic N) is 10. The van der Waals surface area contributed by atoms with Crippen LogP contribution in [-0.4, -0.2) is 47.8 Å². The molecule has 6 aromatic rings. The van der Waals surface area contributed by atoms with Crippen molar-refractivity contribution in [3.05, 3.63) is 181 Å². The van der Waals surface area contributed by atoms with Crippen LogP contribution in [0.1, 0.15) is 51.7 Å². The predicted molar refractivity (Wildman–Crippen MR) is 215 cm³/mol. The third-order valence-corrected chi connectivity index (χ3v) is 9.96. The average Bonchev–Trinajstić information content (AvgIpc) is 3.97. The zero-order valence-corrected chi connectivity index (χ0v) is 35.0. The molecule has 0 N–H and O–H groups in total. The molecule has 2 aliphatic rings. The van der Waals surface area contributed by atoms with Gasteiger partial charge in [0.05, 0.1) is 7.05 Å². The zero-order valence-electron chi connectivity index (χ0n) is 32.6. The van der Waals surface area contributed by atoms with E-state index in [1.165, 1.54) is 28.4 Å². The first-order chi connectivity index (χ1) is 26.8. The number of aromatic nitrogens is 6. The van der Waals surface area contributed by atoms with Crippen LogP contribution in [0.25, 0.3) is 11.4 Å². The molecule has 0 fully saturated rings. The number of anilines is 2. The van der Waals surface area contributed by atoms with Crippen LogP contribution in [0.3, 0.4) is 0 Å². The number of unbranched alkanes of at least 4 members (excludes halogenated alkanes) is 1. The van der Waals surface area contributed by atoms with E-state index in [-0.39, 0.29) is 20.1 Å². The van der Waals surface area contributed by atoms with E-state index in [9.17, 15) is 0 Å². The molecule has 4 aromatic carbocycles. The van der Waals surface area contributed by atoms with Crippen LogP contribution in [0.4, 0.5) is 11.4 Å². The van der Waals surface area contributed by atoms with Crippen molar-refractivity contribution in [1.82, 2.24) is 34.7 Å². The quantitative estimate of drug-likeness (QED) is 0.0721. The van der Waals surface area contributed by atoms with Crippen molar-refractivity contribution in [3.63, 3.8) is 0 Å². The molecular formula is C45H47IrN10-5. The molecule has 8 rings (SSSR count). The second kappa shape index (κ2) is 18.9. The summed E-state index contributed by atoms with van der Waals surface area (Å²) in [5.41, 5.74) is 11.1. The third-order valence-electron chi connectivity index (χ3n) is 9.96. The molecule has 0 amide bonds. The van der Waals surface area contributed by atoms with Crippen molar-refractivity contribution in [1.29, 1.82) is 0 Å². The van der Waals surface area contributed by atoms with Crippen molar-refractivity contribution < 1.29 is 24.8 Å². The first-order valence-corrected chi connectivity index (χ1v) is 18.7. The van der Waals surface area contributed by atoms with Gasteiger partial charge in [-0.1, -0.05) is 72.6 Å². The summed E-state index contributed by atoms with van der Waals surface area (Å²) in [6.07, 6.45) is 8.71. The fourth-order valence-corrected chi connectivity index (χ4v) is 6.61. The van der Waals surface area contributed by atoms with Gasteiger partial charge in [0.2, 0.25) is 0 Å². The summed E-state index contributed by atoms with van der Waals surface area (Å²) < 4.78 is 5.22. The summed E-state index contributed by atoms with van der Waals surface area (Å²) in [6, 6.07) is 43.2. The Morgan fingerprint density at radius 3 is 1.68 bits per heavy atom. The van der Waals surface area contributed by atoms with Crippen LogP contribution in [0.15, 0.2) is 132 Å². The third kappa shape index (κ3) is 9.64. The monoisotopic (exact) mass is 920 g/mol. The molecule has 4 heterocycles. The Bertz CT molecular complexity index is 2120. The topological polar surface area (TPSA) is 65.4 Å². The van der Waals surface area contributed by atoms with Crippen LogP contribution < -0.4 is 14.5 Å². The summed E-state index contributed by atoms with van der Waals surface area (Å²) in [7, 11) is 1.87. The molecule has 0 unspecified atom stereocenters. The number of rotatable bonds is 12. The van der Waals surface area contributed by atoms with E-state index in [1.807, 2.05) is 67.7 Å².